The molecule has 1 aliphatic heterocycles. The van der Waals surface area contributed by atoms with Gasteiger partial charge in [0, 0.05) is 31.7 Å². The van der Waals surface area contributed by atoms with Gasteiger partial charge in [0.1, 0.15) is 0 Å². The normalized spacial score (nSPS) is 14.8. The Kier molecular flexibility index (Phi) is 6.01. The largest absolute Gasteiger partial charge is 0.438 e. The lowest BCUT2D eigenvalue weighted by atomic mass is 10.1. The molecule has 0 spiro atoms. The number of oxazole rings is 1. The van der Waals surface area contributed by atoms with E-state index >= 15 is 0 Å². The number of imidazole rings is 1. The lowest BCUT2D eigenvalue weighted by Gasteiger charge is -2.27. The highest BCUT2D eigenvalue weighted by Crippen LogP contribution is 2.27. The number of aryl methyl sites for hydroxylation is 2. The van der Waals surface area contributed by atoms with Crippen LogP contribution >= 0.6 is 0 Å². The molecule has 3 N–H and O–H groups in total. The van der Waals surface area contributed by atoms with Gasteiger partial charge in [-0.1, -0.05) is 6.92 Å². The number of fused-ring (bicyclic) bond motifs is 1. The Morgan fingerprint density at radius 1 is 1.26 bits per heavy atom. The first-order chi connectivity index (χ1) is 15.0. The summed E-state index contributed by atoms with van der Waals surface area (Å²) in [5, 5.41) is 2.84. The number of rotatable bonds is 7. The molecular weight excluding hydrogens is 400 g/mol. The van der Waals surface area contributed by atoms with Crippen molar-refractivity contribution in [3.05, 3.63) is 41.1 Å². The quantitative estimate of drug-likeness (QED) is 0.591. The lowest BCUT2D eigenvalue weighted by molar-refractivity contribution is 0.0343. The fraction of sp³-hybridized carbons (Fsp3) is 0.429. The van der Waals surface area contributed by atoms with E-state index in [9.17, 15) is 9.59 Å². The molecule has 31 heavy (non-hydrogen) atoms. The number of primary amides is 1. The van der Waals surface area contributed by atoms with Crippen molar-refractivity contribution in [2.75, 3.05) is 31.6 Å². The second-order valence-corrected chi connectivity index (χ2v) is 7.56. The monoisotopic (exact) mass is 426 g/mol. The Morgan fingerprint density at radius 2 is 2.03 bits per heavy atom. The molecule has 0 bridgehead atoms. The molecule has 1 saturated heterocycles. The minimum Gasteiger partial charge on any atom is -0.438 e. The van der Waals surface area contributed by atoms with Crippen molar-refractivity contribution < 1.29 is 18.7 Å². The Morgan fingerprint density at radius 3 is 2.68 bits per heavy atom. The highest BCUT2D eigenvalue weighted by atomic mass is 16.5. The van der Waals surface area contributed by atoms with Gasteiger partial charge in [-0.15, -0.1) is 0 Å². The van der Waals surface area contributed by atoms with Gasteiger partial charge >= 0.3 is 0 Å². The van der Waals surface area contributed by atoms with E-state index in [1.54, 1.807) is 13.0 Å². The van der Waals surface area contributed by atoms with Crippen molar-refractivity contribution in [3.63, 3.8) is 0 Å². The third-order valence-corrected chi connectivity index (χ3v) is 5.33. The highest BCUT2D eigenvalue weighted by molar-refractivity contribution is 6.03. The maximum atomic E-state index is 12.7. The molecule has 0 radical (unpaired) electrons. The molecular formula is C21H26N6O4. The minimum absolute atomic E-state index is 0.140. The summed E-state index contributed by atoms with van der Waals surface area (Å²) < 4.78 is 12.6. The van der Waals surface area contributed by atoms with Crippen LogP contribution in [0.15, 0.2) is 22.9 Å². The van der Waals surface area contributed by atoms with Crippen molar-refractivity contribution in [3.8, 4) is 0 Å². The molecule has 2 aromatic heterocycles. The molecule has 4 rings (SSSR count). The SMILES string of the molecule is CCCn1c(NC(=O)c2ocnc2C)nc2cc(C(N)=O)cc(CN3CCOCC3)c21. The van der Waals surface area contributed by atoms with Crippen LogP contribution in [0.3, 0.4) is 0 Å². The van der Waals surface area contributed by atoms with Crippen LogP contribution in [-0.4, -0.2) is 57.6 Å². The summed E-state index contributed by atoms with van der Waals surface area (Å²) in [6.45, 7) is 7.98. The molecule has 164 valence electrons. The third kappa shape index (κ3) is 4.30. The lowest BCUT2D eigenvalue weighted by Crippen LogP contribution is -2.35. The van der Waals surface area contributed by atoms with E-state index in [-0.39, 0.29) is 5.76 Å². The van der Waals surface area contributed by atoms with Crippen LogP contribution in [0.2, 0.25) is 0 Å². The van der Waals surface area contributed by atoms with Gasteiger partial charge in [-0.25, -0.2) is 9.97 Å². The summed E-state index contributed by atoms with van der Waals surface area (Å²) >= 11 is 0. The Bertz CT molecular complexity index is 1110. The van der Waals surface area contributed by atoms with Crippen molar-refractivity contribution in [2.45, 2.75) is 33.4 Å². The van der Waals surface area contributed by atoms with Crippen LogP contribution in [0.25, 0.3) is 11.0 Å². The van der Waals surface area contributed by atoms with E-state index in [0.717, 1.165) is 30.6 Å². The fourth-order valence-corrected chi connectivity index (χ4v) is 3.83. The van der Waals surface area contributed by atoms with E-state index in [1.807, 2.05) is 10.6 Å². The average Bonchev–Trinajstić information content (AvgIpc) is 3.32. The van der Waals surface area contributed by atoms with Crippen LogP contribution in [0.5, 0.6) is 0 Å². The van der Waals surface area contributed by atoms with E-state index in [0.29, 0.717) is 49.0 Å². The molecule has 1 aromatic carbocycles. The maximum absolute atomic E-state index is 12.7. The van der Waals surface area contributed by atoms with E-state index in [2.05, 4.69) is 27.1 Å². The number of carbonyl (C=O) groups excluding carboxylic acids is 2. The number of morpholine rings is 1. The number of nitrogens with zero attached hydrogens (tertiary/aromatic N) is 4. The van der Waals surface area contributed by atoms with Crippen LogP contribution in [-0.2, 0) is 17.8 Å². The Hall–Kier alpha value is -3.24. The predicted molar refractivity (Wildman–Crippen MR) is 114 cm³/mol. The summed E-state index contributed by atoms with van der Waals surface area (Å²) in [5.41, 5.74) is 8.89. The fourth-order valence-electron chi connectivity index (χ4n) is 3.83. The topological polar surface area (TPSA) is 129 Å². The zero-order valence-electron chi connectivity index (χ0n) is 17.7. The molecule has 0 atom stereocenters. The number of nitrogens with one attached hydrogen (secondary N) is 1. The summed E-state index contributed by atoms with van der Waals surface area (Å²) in [7, 11) is 0. The number of anilines is 1. The Labute approximate surface area is 179 Å². The number of hydrogen-bond donors (Lipinski definition) is 2. The number of amides is 2. The van der Waals surface area contributed by atoms with Crippen LogP contribution < -0.4 is 11.1 Å². The van der Waals surface area contributed by atoms with E-state index in [4.69, 9.17) is 14.9 Å². The van der Waals surface area contributed by atoms with Crippen molar-refractivity contribution in [1.29, 1.82) is 0 Å². The molecule has 10 heteroatoms. The average molecular weight is 426 g/mol. The number of hydrogen-bond acceptors (Lipinski definition) is 7. The standard InChI is InChI=1S/C21H26N6O4/c1-3-4-27-17-15(11-26-5-7-30-8-6-26)9-14(19(22)28)10-16(17)24-21(27)25-20(29)18-13(2)23-12-31-18/h9-10,12H,3-8,11H2,1-2H3,(H2,22,28)(H,24,25,29). The van der Waals surface area contributed by atoms with Gasteiger partial charge in [0.25, 0.3) is 5.91 Å². The molecule has 1 aliphatic rings. The summed E-state index contributed by atoms with van der Waals surface area (Å²) in [6.07, 6.45) is 2.07. The molecule has 0 unspecified atom stereocenters. The van der Waals surface area contributed by atoms with Gasteiger partial charge in [0.15, 0.2) is 6.39 Å². The van der Waals surface area contributed by atoms with Gasteiger partial charge in [0.2, 0.25) is 17.6 Å². The number of ether oxygens (including phenoxy) is 1. The molecule has 10 nitrogen and oxygen atoms in total. The maximum Gasteiger partial charge on any atom is 0.295 e. The number of nitrogens with two attached hydrogens (primary N) is 1. The molecule has 2 amide bonds. The number of benzene rings is 1. The van der Waals surface area contributed by atoms with E-state index in [1.165, 1.54) is 6.39 Å². The van der Waals surface area contributed by atoms with Gasteiger partial charge in [-0.05, 0) is 31.0 Å². The summed E-state index contributed by atoms with van der Waals surface area (Å²) in [4.78, 5) is 35.5. The molecule has 0 aliphatic carbocycles. The Balaban J connectivity index is 1.78. The first kappa shape index (κ1) is 21.0. The van der Waals surface area contributed by atoms with Crippen molar-refractivity contribution >= 4 is 28.8 Å². The summed E-state index contributed by atoms with van der Waals surface area (Å²) in [6, 6.07) is 3.49. The number of carbonyl (C=O) groups is 2. The minimum atomic E-state index is -0.516. The van der Waals surface area contributed by atoms with Crippen LogP contribution in [0.1, 0.15) is 45.5 Å². The van der Waals surface area contributed by atoms with Crippen molar-refractivity contribution in [2.24, 2.45) is 5.73 Å². The zero-order valence-corrected chi connectivity index (χ0v) is 17.7. The smallest absolute Gasteiger partial charge is 0.295 e. The third-order valence-electron chi connectivity index (χ3n) is 5.33. The molecule has 3 heterocycles. The summed E-state index contributed by atoms with van der Waals surface area (Å²) in [5.74, 6) is -0.408. The van der Waals surface area contributed by atoms with Crippen molar-refractivity contribution in [1.82, 2.24) is 19.4 Å². The van der Waals surface area contributed by atoms with Gasteiger partial charge in [0.05, 0.1) is 29.9 Å². The highest BCUT2D eigenvalue weighted by Gasteiger charge is 2.22. The van der Waals surface area contributed by atoms with Gasteiger partial charge < -0.3 is 19.5 Å². The number of aromatic nitrogens is 3. The molecule has 1 fully saturated rings. The molecule has 3 aromatic rings. The van der Waals surface area contributed by atoms with Gasteiger partial charge in [-0.2, -0.15) is 0 Å². The predicted octanol–water partition coefficient (Wildman–Crippen LogP) is 1.93. The van der Waals surface area contributed by atoms with Gasteiger partial charge in [-0.3, -0.25) is 19.8 Å². The first-order valence-electron chi connectivity index (χ1n) is 10.3. The second kappa shape index (κ2) is 8.86. The second-order valence-electron chi connectivity index (χ2n) is 7.56. The van der Waals surface area contributed by atoms with E-state index < -0.39 is 11.8 Å². The van der Waals surface area contributed by atoms with Crippen LogP contribution in [0.4, 0.5) is 5.95 Å². The zero-order chi connectivity index (χ0) is 22.0. The van der Waals surface area contributed by atoms with Crippen LogP contribution in [0, 0.1) is 6.92 Å². The molecule has 0 saturated carbocycles. The first-order valence-corrected chi connectivity index (χ1v) is 10.3.